The van der Waals surface area contributed by atoms with Gasteiger partial charge in [0.2, 0.25) is 0 Å². The predicted octanol–water partition coefficient (Wildman–Crippen LogP) is 2.65. The van der Waals surface area contributed by atoms with Gasteiger partial charge in [-0.1, -0.05) is 30.3 Å². The zero-order valence-corrected chi connectivity index (χ0v) is 13.7. The summed E-state index contributed by atoms with van der Waals surface area (Å²) in [6.45, 7) is 1.39. The SMILES string of the molecule is O=C(NC[C@H]1COc2ccccc2O1)N[C@@H]1CCOc2ccccc21. The summed E-state index contributed by atoms with van der Waals surface area (Å²) < 4.78 is 17.1. The number of fused-ring (bicyclic) bond motifs is 2. The van der Waals surface area contributed by atoms with Gasteiger partial charge < -0.3 is 24.8 Å². The molecule has 0 unspecified atom stereocenters. The van der Waals surface area contributed by atoms with Crippen molar-refractivity contribution in [2.24, 2.45) is 0 Å². The van der Waals surface area contributed by atoms with Gasteiger partial charge in [-0.05, 0) is 18.2 Å². The molecule has 0 saturated heterocycles. The normalized spacial score (nSPS) is 20.8. The number of rotatable bonds is 3. The Labute approximate surface area is 146 Å². The summed E-state index contributed by atoms with van der Waals surface area (Å²) in [7, 11) is 0. The molecule has 25 heavy (non-hydrogen) atoms. The average molecular weight is 340 g/mol. The molecule has 130 valence electrons. The van der Waals surface area contributed by atoms with Crippen LogP contribution in [0.3, 0.4) is 0 Å². The number of carbonyl (C=O) groups is 1. The highest BCUT2D eigenvalue weighted by molar-refractivity contribution is 5.74. The first-order valence-corrected chi connectivity index (χ1v) is 8.44. The van der Waals surface area contributed by atoms with Crippen molar-refractivity contribution in [3.63, 3.8) is 0 Å². The highest BCUT2D eigenvalue weighted by Crippen LogP contribution is 2.32. The Morgan fingerprint density at radius 1 is 1.00 bits per heavy atom. The number of benzene rings is 2. The second kappa shape index (κ2) is 6.93. The number of hydrogen-bond acceptors (Lipinski definition) is 4. The first-order chi connectivity index (χ1) is 12.3. The standard InChI is InChI=1S/C19H20N2O4/c22-19(21-15-9-10-23-16-6-2-1-5-14(15)16)20-11-13-12-24-17-7-3-4-8-18(17)25-13/h1-8,13,15H,9-12H2,(H2,20,21,22)/t13-,15+/m0/s1. The molecule has 6 heteroatoms. The lowest BCUT2D eigenvalue weighted by atomic mass is 10.0. The second-order valence-electron chi connectivity index (χ2n) is 6.08. The summed E-state index contributed by atoms with van der Waals surface area (Å²) >= 11 is 0. The van der Waals surface area contributed by atoms with Gasteiger partial charge in [0.1, 0.15) is 12.4 Å². The second-order valence-corrected chi connectivity index (χ2v) is 6.08. The molecule has 0 spiro atoms. The summed E-state index contributed by atoms with van der Waals surface area (Å²) in [5, 5.41) is 5.87. The molecule has 0 fully saturated rings. The molecule has 4 rings (SSSR count). The van der Waals surface area contributed by atoms with Crippen LogP contribution in [0.2, 0.25) is 0 Å². The van der Waals surface area contributed by atoms with Crippen LogP contribution in [-0.4, -0.2) is 31.9 Å². The Morgan fingerprint density at radius 3 is 2.64 bits per heavy atom. The lowest BCUT2D eigenvalue weighted by Crippen LogP contribution is -2.45. The first-order valence-electron chi connectivity index (χ1n) is 8.44. The molecule has 6 nitrogen and oxygen atoms in total. The van der Waals surface area contributed by atoms with E-state index in [2.05, 4.69) is 10.6 Å². The molecule has 0 saturated carbocycles. The lowest BCUT2D eigenvalue weighted by Gasteiger charge is -2.28. The Morgan fingerprint density at radius 2 is 1.76 bits per heavy atom. The molecule has 0 bridgehead atoms. The number of nitrogens with one attached hydrogen (secondary N) is 2. The van der Waals surface area contributed by atoms with E-state index in [1.165, 1.54) is 0 Å². The molecule has 2 aromatic rings. The maximum atomic E-state index is 12.2. The largest absolute Gasteiger partial charge is 0.493 e. The van der Waals surface area contributed by atoms with Gasteiger partial charge in [-0.3, -0.25) is 0 Å². The van der Waals surface area contributed by atoms with Gasteiger partial charge in [0, 0.05) is 12.0 Å². The Kier molecular flexibility index (Phi) is 4.33. The maximum Gasteiger partial charge on any atom is 0.315 e. The van der Waals surface area contributed by atoms with E-state index < -0.39 is 0 Å². The zero-order chi connectivity index (χ0) is 17.1. The molecule has 0 radical (unpaired) electrons. The topological polar surface area (TPSA) is 68.8 Å². The number of urea groups is 1. The Bertz CT molecular complexity index is 765. The van der Waals surface area contributed by atoms with Crippen LogP contribution in [0.25, 0.3) is 0 Å². The van der Waals surface area contributed by atoms with Crippen molar-refractivity contribution in [3.8, 4) is 17.2 Å². The highest BCUT2D eigenvalue weighted by Gasteiger charge is 2.24. The fourth-order valence-electron chi connectivity index (χ4n) is 3.07. The van der Waals surface area contributed by atoms with Gasteiger partial charge >= 0.3 is 6.03 Å². The summed E-state index contributed by atoms with van der Waals surface area (Å²) in [6, 6.07) is 15.0. The van der Waals surface area contributed by atoms with Crippen LogP contribution in [0.4, 0.5) is 4.79 Å². The molecule has 0 aromatic heterocycles. The predicted molar refractivity (Wildman–Crippen MR) is 92.2 cm³/mol. The third kappa shape index (κ3) is 3.47. The Hall–Kier alpha value is -2.89. The molecule has 2 amide bonds. The quantitative estimate of drug-likeness (QED) is 0.901. The molecule has 2 heterocycles. The van der Waals surface area contributed by atoms with Crippen molar-refractivity contribution in [3.05, 3.63) is 54.1 Å². The van der Waals surface area contributed by atoms with Crippen molar-refractivity contribution in [2.75, 3.05) is 19.8 Å². The minimum absolute atomic E-state index is 0.0470. The van der Waals surface area contributed by atoms with Gasteiger partial charge in [-0.2, -0.15) is 0 Å². The van der Waals surface area contributed by atoms with Gasteiger partial charge in [0.05, 0.1) is 19.2 Å². The smallest absolute Gasteiger partial charge is 0.315 e. The molecule has 0 aliphatic carbocycles. The summed E-state index contributed by atoms with van der Waals surface area (Å²) in [4.78, 5) is 12.2. The van der Waals surface area contributed by atoms with Crippen LogP contribution in [-0.2, 0) is 0 Å². The minimum atomic E-state index is -0.218. The molecule has 2 aliphatic rings. The van der Waals surface area contributed by atoms with Crippen molar-refractivity contribution < 1.29 is 19.0 Å². The third-order valence-electron chi connectivity index (χ3n) is 4.32. The molecular weight excluding hydrogens is 320 g/mol. The van der Waals surface area contributed by atoms with Crippen molar-refractivity contribution in [1.29, 1.82) is 0 Å². The van der Waals surface area contributed by atoms with Crippen LogP contribution in [0.5, 0.6) is 17.2 Å². The van der Waals surface area contributed by atoms with E-state index in [4.69, 9.17) is 14.2 Å². The van der Waals surface area contributed by atoms with E-state index in [1.54, 1.807) is 0 Å². The van der Waals surface area contributed by atoms with Crippen LogP contribution in [0.15, 0.2) is 48.5 Å². The fraction of sp³-hybridized carbons (Fsp3) is 0.316. The monoisotopic (exact) mass is 340 g/mol. The van der Waals surface area contributed by atoms with E-state index in [0.717, 1.165) is 23.5 Å². The average Bonchev–Trinajstić information content (AvgIpc) is 2.66. The summed E-state index contributed by atoms with van der Waals surface area (Å²) in [5.74, 6) is 2.28. The summed E-state index contributed by atoms with van der Waals surface area (Å²) in [5.41, 5.74) is 1.01. The number of ether oxygens (including phenoxy) is 3. The number of carbonyl (C=O) groups excluding carboxylic acids is 1. The van der Waals surface area contributed by atoms with Crippen molar-refractivity contribution in [2.45, 2.75) is 18.6 Å². The van der Waals surface area contributed by atoms with Gasteiger partial charge in [0.25, 0.3) is 0 Å². The molecule has 2 aromatic carbocycles. The fourth-order valence-corrected chi connectivity index (χ4v) is 3.07. The van der Waals surface area contributed by atoms with E-state index >= 15 is 0 Å². The maximum absolute atomic E-state index is 12.2. The molecular formula is C19H20N2O4. The van der Waals surface area contributed by atoms with E-state index in [0.29, 0.717) is 25.5 Å². The summed E-state index contributed by atoms with van der Waals surface area (Å²) in [6.07, 6.45) is 0.545. The molecule has 2 N–H and O–H groups in total. The number of hydrogen-bond donors (Lipinski definition) is 2. The van der Waals surface area contributed by atoms with E-state index in [1.807, 2.05) is 48.5 Å². The zero-order valence-electron chi connectivity index (χ0n) is 13.7. The number of para-hydroxylation sites is 3. The molecule has 2 aliphatic heterocycles. The molecule has 2 atom stereocenters. The van der Waals surface area contributed by atoms with Crippen molar-refractivity contribution >= 4 is 6.03 Å². The minimum Gasteiger partial charge on any atom is -0.493 e. The van der Waals surface area contributed by atoms with E-state index in [9.17, 15) is 4.79 Å². The van der Waals surface area contributed by atoms with Crippen LogP contribution < -0.4 is 24.8 Å². The van der Waals surface area contributed by atoms with Crippen LogP contribution in [0, 0.1) is 0 Å². The van der Waals surface area contributed by atoms with Gasteiger partial charge in [-0.25, -0.2) is 4.79 Å². The first kappa shape index (κ1) is 15.6. The van der Waals surface area contributed by atoms with Gasteiger partial charge in [0.15, 0.2) is 17.6 Å². The van der Waals surface area contributed by atoms with E-state index in [-0.39, 0.29) is 18.2 Å². The van der Waals surface area contributed by atoms with Gasteiger partial charge in [-0.15, -0.1) is 0 Å². The van der Waals surface area contributed by atoms with Crippen molar-refractivity contribution in [1.82, 2.24) is 10.6 Å². The number of amides is 2. The Balaban J connectivity index is 1.31. The lowest BCUT2D eigenvalue weighted by molar-refractivity contribution is 0.0916. The third-order valence-corrected chi connectivity index (χ3v) is 4.32. The van der Waals surface area contributed by atoms with Crippen LogP contribution >= 0.6 is 0 Å². The van der Waals surface area contributed by atoms with Crippen LogP contribution in [0.1, 0.15) is 18.0 Å². The highest BCUT2D eigenvalue weighted by atomic mass is 16.6.